The van der Waals surface area contributed by atoms with E-state index in [1.807, 2.05) is 0 Å². The quantitative estimate of drug-likeness (QED) is 0.510. The number of nitrogens with one attached hydrogen (secondary N) is 4. The van der Waals surface area contributed by atoms with Crippen molar-refractivity contribution in [2.75, 3.05) is 16.0 Å². The Balaban J connectivity index is 1.46. The molecule has 0 fully saturated rings. The Morgan fingerprint density at radius 3 is 2.60 bits per heavy atom. The van der Waals surface area contributed by atoms with E-state index in [4.69, 9.17) is 4.74 Å². The summed E-state index contributed by atoms with van der Waals surface area (Å²) in [5.41, 5.74) is 1.02. The first-order valence-corrected chi connectivity index (χ1v) is 8.81. The van der Waals surface area contributed by atoms with E-state index in [1.54, 1.807) is 6.07 Å². The summed E-state index contributed by atoms with van der Waals surface area (Å²) in [4.78, 5) is 27.5. The summed E-state index contributed by atoms with van der Waals surface area (Å²) < 4.78 is 33.3. The van der Waals surface area contributed by atoms with Crippen LogP contribution in [0.25, 0.3) is 0 Å². The van der Waals surface area contributed by atoms with Crippen LogP contribution in [0.2, 0.25) is 0 Å². The van der Waals surface area contributed by atoms with Gasteiger partial charge in [-0.15, -0.1) is 0 Å². The largest absolute Gasteiger partial charge is 0.454 e. The summed E-state index contributed by atoms with van der Waals surface area (Å²) in [5.74, 6) is -0.610. The predicted octanol–water partition coefficient (Wildman–Crippen LogP) is 4.43. The lowest BCUT2D eigenvalue weighted by Gasteiger charge is -2.20. The highest BCUT2D eigenvalue weighted by molar-refractivity contribution is 5.99. The number of aromatic nitrogens is 1. The van der Waals surface area contributed by atoms with Gasteiger partial charge in [0, 0.05) is 23.6 Å². The van der Waals surface area contributed by atoms with Crippen LogP contribution in [-0.2, 0) is 6.54 Å². The second-order valence-electron chi connectivity index (χ2n) is 6.28. The van der Waals surface area contributed by atoms with E-state index < -0.39 is 17.7 Å². The first kappa shape index (κ1) is 19.1. The Hall–Kier alpha value is -4.21. The zero-order chi connectivity index (χ0) is 21.1. The molecule has 0 radical (unpaired) electrons. The number of urea groups is 2. The maximum Gasteiger partial charge on any atom is 0.323 e. The molecule has 0 unspecified atom stereocenters. The molecule has 8 nitrogen and oxygen atoms in total. The van der Waals surface area contributed by atoms with Crippen LogP contribution in [0.1, 0.15) is 5.56 Å². The van der Waals surface area contributed by atoms with Gasteiger partial charge in [0.1, 0.15) is 17.4 Å². The second kappa shape index (κ2) is 8.03. The van der Waals surface area contributed by atoms with Gasteiger partial charge in [-0.3, -0.25) is 5.32 Å². The van der Waals surface area contributed by atoms with E-state index in [2.05, 4.69) is 26.3 Å². The van der Waals surface area contributed by atoms with Crippen molar-refractivity contribution >= 4 is 29.3 Å². The number of benzene rings is 2. The van der Waals surface area contributed by atoms with E-state index in [9.17, 15) is 18.4 Å². The summed E-state index contributed by atoms with van der Waals surface area (Å²) in [6, 6.07) is 9.80. The lowest BCUT2D eigenvalue weighted by Crippen LogP contribution is -2.34. The molecular weight excluding hydrogens is 396 g/mol. The van der Waals surface area contributed by atoms with E-state index in [0.717, 1.165) is 12.1 Å². The fourth-order valence-corrected chi connectivity index (χ4v) is 2.81. The molecular formula is C20H15F2N5O3. The van der Waals surface area contributed by atoms with Crippen LogP contribution in [0, 0.1) is 11.6 Å². The van der Waals surface area contributed by atoms with Crippen LogP contribution in [0.3, 0.4) is 0 Å². The summed E-state index contributed by atoms with van der Waals surface area (Å²) >= 11 is 0. The predicted molar refractivity (Wildman–Crippen MR) is 106 cm³/mol. The van der Waals surface area contributed by atoms with Crippen molar-refractivity contribution in [3.8, 4) is 11.5 Å². The monoisotopic (exact) mass is 411 g/mol. The fraction of sp³-hybridized carbons (Fsp3) is 0.0500. The molecule has 0 atom stereocenters. The minimum Gasteiger partial charge on any atom is -0.454 e. The van der Waals surface area contributed by atoms with Gasteiger partial charge in [-0.1, -0.05) is 6.07 Å². The number of carbonyl (C=O) groups excluding carboxylic acids is 2. The van der Waals surface area contributed by atoms with Crippen LogP contribution >= 0.6 is 0 Å². The molecule has 4 amide bonds. The molecule has 0 saturated heterocycles. The third-order valence-corrected chi connectivity index (χ3v) is 4.16. The molecule has 10 heteroatoms. The zero-order valence-corrected chi connectivity index (χ0v) is 15.3. The van der Waals surface area contributed by atoms with Gasteiger partial charge in [-0.05, 0) is 36.4 Å². The first-order chi connectivity index (χ1) is 14.5. The topological polar surface area (TPSA) is 104 Å². The second-order valence-corrected chi connectivity index (χ2v) is 6.28. The maximum absolute atomic E-state index is 14.5. The minimum absolute atomic E-state index is 0.0728. The smallest absolute Gasteiger partial charge is 0.323 e. The molecule has 0 bridgehead atoms. The van der Waals surface area contributed by atoms with Crippen LogP contribution in [0.15, 0.2) is 54.7 Å². The molecule has 4 N–H and O–H groups in total. The van der Waals surface area contributed by atoms with Crippen LogP contribution < -0.4 is 26.0 Å². The summed E-state index contributed by atoms with van der Waals surface area (Å²) in [7, 11) is 0. The minimum atomic E-state index is -0.711. The number of ether oxygens (including phenoxy) is 1. The number of halogens is 2. The number of hydrogen-bond donors (Lipinski definition) is 4. The van der Waals surface area contributed by atoms with Gasteiger partial charge in [0.25, 0.3) is 0 Å². The highest BCUT2D eigenvalue weighted by Crippen LogP contribution is 2.32. The van der Waals surface area contributed by atoms with Gasteiger partial charge in [-0.25, -0.2) is 23.4 Å². The molecule has 152 valence electrons. The van der Waals surface area contributed by atoms with Crippen LogP contribution in [-0.4, -0.2) is 17.0 Å². The van der Waals surface area contributed by atoms with E-state index in [0.29, 0.717) is 17.1 Å². The average Bonchev–Trinajstić information content (AvgIpc) is 2.70. The normalized spacial score (nSPS) is 12.3. The Morgan fingerprint density at radius 2 is 1.83 bits per heavy atom. The van der Waals surface area contributed by atoms with Gasteiger partial charge < -0.3 is 20.7 Å². The van der Waals surface area contributed by atoms with Crippen molar-refractivity contribution in [2.45, 2.75) is 6.54 Å². The number of hydrogen-bond acceptors (Lipinski definition) is 4. The molecule has 3 aromatic rings. The number of fused-ring (bicyclic) bond motifs is 1. The Morgan fingerprint density at radius 1 is 1.03 bits per heavy atom. The molecule has 1 aliphatic heterocycles. The first-order valence-electron chi connectivity index (χ1n) is 8.81. The standard InChI is InChI=1S/C20H15F2N5O3/c21-11-2-1-3-12(8-11)25-20(29)26-13-4-5-17(15(22)9-13)30-16-6-7-23-18-14(16)10-24-19(28)27-18/h1-9H,10H2,(H2,25,26,29)(H2,23,24,27,28). The third-order valence-electron chi connectivity index (χ3n) is 4.16. The van der Waals surface area contributed by atoms with Crippen molar-refractivity contribution in [3.63, 3.8) is 0 Å². The van der Waals surface area contributed by atoms with Crippen molar-refractivity contribution in [1.29, 1.82) is 0 Å². The van der Waals surface area contributed by atoms with Gasteiger partial charge in [0.2, 0.25) is 0 Å². The lowest BCUT2D eigenvalue weighted by molar-refractivity contribution is 0.250. The van der Waals surface area contributed by atoms with Gasteiger partial charge in [0.15, 0.2) is 11.6 Å². The Kier molecular flexibility index (Phi) is 5.12. The number of carbonyl (C=O) groups is 2. The van der Waals surface area contributed by atoms with Crippen LogP contribution in [0.4, 0.5) is 35.6 Å². The zero-order valence-electron chi connectivity index (χ0n) is 15.3. The number of rotatable bonds is 4. The Labute approximate surface area is 169 Å². The number of nitrogens with zero attached hydrogens (tertiary/aromatic N) is 1. The van der Waals surface area contributed by atoms with Gasteiger partial charge in [0.05, 0.1) is 12.1 Å². The van der Waals surface area contributed by atoms with E-state index in [1.165, 1.54) is 36.5 Å². The molecule has 4 rings (SSSR count). The highest BCUT2D eigenvalue weighted by atomic mass is 19.1. The molecule has 1 aliphatic rings. The van der Waals surface area contributed by atoms with Crippen molar-refractivity contribution in [3.05, 3.63) is 71.9 Å². The molecule has 0 aliphatic carbocycles. The van der Waals surface area contributed by atoms with Gasteiger partial charge >= 0.3 is 12.1 Å². The SMILES string of the molecule is O=C(Nc1cccc(F)c1)Nc1ccc(Oc2ccnc3c2CNC(=O)N3)c(F)c1. The van der Waals surface area contributed by atoms with E-state index in [-0.39, 0.29) is 29.7 Å². The summed E-state index contributed by atoms with van der Waals surface area (Å²) in [6.07, 6.45) is 1.43. The fourth-order valence-electron chi connectivity index (χ4n) is 2.81. The van der Waals surface area contributed by atoms with Crippen molar-refractivity contribution in [2.24, 2.45) is 0 Å². The van der Waals surface area contributed by atoms with Crippen molar-refractivity contribution in [1.82, 2.24) is 10.3 Å². The third kappa shape index (κ3) is 4.27. The number of amides is 4. The van der Waals surface area contributed by atoms with Gasteiger partial charge in [-0.2, -0.15) is 0 Å². The molecule has 30 heavy (non-hydrogen) atoms. The lowest BCUT2D eigenvalue weighted by atomic mass is 10.2. The maximum atomic E-state index is 14.5. The average molecular weight is 411 g/mol. The summed E-state index contributed by atoms with van der Waals surface area (Å²) in [5, 5.41) is 10.0. The molecule has 2 heterocycles. The number of anilines is 3. The highest BCUT2D eigenvalue weighted by Gasteiger charge is 2.20. The summed E-state index contributed by atoms with van der Waals surface area (Å²) in [6.45, 7) is 0.186. The number of pyridine rings is 1. The molecule has 0 spiro atoms. The van der Waals surface area contributed by atoms with Crippen molar-refractivity contribution < 1.29 is 23.1 Å². The van der Waals surface area contributed by atoms with E-state index >= 15 is 0 Å². The molecule has 1 aromatic heterocycles. The molecule has 0 saturated carbocycles. The van der Waals surface area contributed by atoms with Crippen LogP contribution in [0.5, 0.6) is 11.5 Å². The molecule has 2 aromatic carbocycles. The Bertz CT molecular complexity index is 1140.